The summed E-state index contributed by atoms with van der Waals surface area (Å²) in [4.78, 5) is 27.9. The van der Waals surface area contributed by atoms with Crippen LogP contribution in [0.3, 0.4) is 0 Å². The molecule has 0 bridgehead atoms. The van der Waals surface area contributed by atoms with Gasteiger partial charge in [-0.25, -0.2) is 4.79 Å². The second-order valence-electron chi connectivity index (χ2n) is 6.45. The molecule has 1 aromatic heterocycles. The van der Waals surface area contributed by atoms with Crippen molar-refractivity contribution in [3.05, 3.63) is 58.1 Å². The molecule has 0 N–H and O–H groups in total. The van der Waals surface area contributed by atoms with Crippen molar-refractivity contribution in [3.63, 3.8) is 0 Å². The first-order chi connectivity index (χ1) is 11.9. The van der Waals surface area contributed by atoms with Crippen LogP contribution in [-0.4, -0.2) is 44.1 Å². The molecule has 0 saturated carbocycles. The first-order valence-corrected chi connectivity index (χ1v) is 8.27. The molecular weight excluding hydrogens is 320 g/mol. The van der Waals surface area contributed by atoms with E-state index in [1.807, 2.05) is 43.3 Å². The smallest absolute Gasteiger partial charge is 0.339 e. The lowest BCUT2D eigenvalue weighted by molar-refractivity contribution is 0.0772. The van der Waals surface area contributed by atoms with E-state index < -0.39 is 5.63 Å². The second-order valence-corrected chi connectivity index (χ2v) is 6.45. The highest BCUT2D eigenvalue weighted by molar-refractivity contribution is 5.95. The number of carbonyl (C=O) groups is 1. The summed E-state index contributed by atoms with van der Waals surface area (Å²) in [5, 5.41) is 0. The normalized spacial score (nSPS) is 16.8. The van der Waals surface area contributed by atoms with Gasteiger partial charge in [-0.3, -0.25) is 4.79 Å². The van der Waals surface area contributed by atoms with Crippen LogP contribution in [0.15, 0.2) is 45.6 Å². The first-order valence-electron chi connectivity index (χ1n) is 8.27. The molecule has 3 rings (SSSR count). The van der Waals surface area contributed by atoms with E-state index in [0.717, 1.165) is 12.1 Å². The Balaban J connectivity index is 1.67. The minimum atomic E-state index is -0.429. The van der Waals surface area contributed by atoms with Gasteiger partial charge in [0.25, 0.3) is 5.91 Å². The zero-order valence-electron chi connectivity index (χ0n) is 14.7. The molecule has 6 heteroatoms. The molecule has 0 radical (unpaired) electrons. The summed E-state index contributed by atoms with van der Waals surface area (Å²) in [6.07, 6.45) is 0.612. The Kier molecular flexibility index (Phi) is 4.79. The number of carbonyl (C=O) groups excluding carboxylic acids is 1. The minimum Gasteiger partial charge on any atom is -0.488 e. The van der Waals surface area contributed by atoms with Crippen molar-refractivity contribution in [2.45, 2.75) is 19.4 Å². The minimum absolute atomic E-state index is 0.00134. The molecule has 1 aliphatic rings. The van der Waals surface area contributed by atoms with Crippen LogP contribution in [0.2, 0.25) is 0 Å². The van der Waals surface area contributed by atoms with Crippen molar-refractivity contribution >= 4 is 11.6 Å². The number of nitrogens with zero attached hydrogens (tertiary/aromatic N) is 2. The predicted octanol–water partition coefficient (Wildman–Crippen LogP) is 2.31. The fraction of sp³-hybridized carbons (Fsp3) is 0.368. The number of hydrogen-bond acceptors (Lipinski definition) is 5. The molecular formula is C19H22N2O4. The summed E-state index contributed by atoms with van der Waals surface area (Å²) in [6.45, 7) is 2.84. The molecule has 1 unspecified atom stereocenters. The fourth-order valence-electron chi connectivity index (χ4n) is 2.94. The highest BCUT2D eigenvalue weighted by Gasteiger charge is 2.28. The molecule has 1 saturated heterocycles. The van der Waals surface area contributed by atoms with Crippen LogP contribution in [0.25, 0.3) is 0 Å². The molecule has 0 aliphatic carbocycles. The molecule has 1 amide bonds. The molecule has 1 aromatic carbocycles. The van der Waals surface area contributed by atoms with Gasteiger partial charge < -0.3 is 19.0 Å². The van der Waals surface area contributed by atoms with Crippen LogP contribution in [-0.2, 0) is 0 Å². The molecule has 0 spiro atoms. The van der Waals surface area contributed by atoms with E-state index in [4.69, 9.17) is 9.15 Å². The van der Waals surface area contributed by atoms with E-state index in [1.165, 1.54) is 6.07 Å². The van der Waals surface area contributed by atoms with Crippen molar-refractivity contribution in [2.75, 3.05) is 32.1 Å². The van der Waals surface area contributed by atoms with Crippen LogP contribution in [0.4, 0.5) is 5.69 Å². The molecule has 1 atom stereocenters. The Labute approximate surface area is 146 Å². The Bertz CT molecular complexity index is 828. The van der Waals surface area contributed by atoms with Crippen molar-refractivity contribution in [1.29, 1.82) is 0 Å². The van der Waals surface area contributed by atoms with Crippen LogP contribution in [0, 0.1) is 6.92 Å². The number of hydrogen-bond donors (Lipinski definition) is 0. The number of amides is 1. The van der Waals surface area contributed by atoms with Gasteiger partial charge in [0, 0.05) is 44.4 Å². The fourth-order valence-corrected chi connectivity index (χ4v) is 2.94. The maximum absolute atomic E-state index is 12.7. The Morgan fingerprint density at radius 2 is 2.08 bits per heavy atom. The van der Waals surface area contributed by atoms with Gasteiger partial charge >= 0.3 is 5.63 Å². The second kappa shape index (κ2) is 7.01. The van der Waals surface area contributed by atoms with Gasteiger partial charge in [0.15, 0.2) is 0 Å². The molecule has 1 fully saturated rings. The third kappa shape index (κ3) is 4.02. The number of anilines is 1. The van der Waals surface area contributed by atoms with Crippen LogP contribution in [0.5, 0.6) is 5.75 Å². The van der Waals surface area contributed by atoms with Crippen LogP contribution >= 0.6 is 0 Å². The van der Waals surface area contributed by atoms with Crippen LogP contribution < -0.4 is 15.3 Å². The van der Waals surface area contributed by atoms with E-state index in [1.54, 1.807) is 17.9 Å². The maximum atomic E-state index is 12.7. The zero-order chi connectivity index (χ0) is 18.0. The SMILES string of the molecule is Cc1cc(OC2CCN(C(=O)c3cccc(N(C)C)c3)C2)cc(=O)o1. The van der Waals surface area contributed by atoms with Gasteiger partial charge in [-0.15, -0.1) is 0 Å². The Morgan fingerprint density at radius 1 is 1.28 bits per heavy atom. The maximum Gasteiger partial charge on any atom is 0.339 e. The quantitative estimate of drug-likeness (QED) is 0.853. The highest BCUT2D eigenvalue weighted by Crippen LogP contribution is 2.21. The molecule has 6 nitrogen and oxygen atoms in total. The van der Waals surface area contributed by atoms with Crippen molar-refractivity contribution in [2.24, 2.45) is 0 Å². The lowest BCUT2D eigenvalue weighted by Crippen LogP contribution is -2.31. The average molecular weight is 342 g/mol. The third-order valence-electron chi connectivity index (χ3n) is 4.21. The number of likely N-dealkylation sites (tertiary alicyclic amines) is 1. The molecule has 2 heterocycles. The summed E-state index contributed by atoms with van der Waals surface area (Å²) < 4.78 is 10.8. The highest BCUT2D eigenvalue weighted by atomic mass is 16.5. The monoisotopic (exact) mass is 342 g/mol. The van der Waals surface area contributed by atoms with E-state index in [-0.39, 0.29) is 12.0 Å². The van der Waals surface area contributed by atoms with Gasteiger partial charge in [0.1, 0.15) is 17.6 Å². The van der Waals surface area contributed by atoms with Crippen molar-refractivity contribution < 1.29 is 13.9 Å². The van der Waals surface area contributed by atoms with Crippen molar-refractivity contribution in [1.82, 2.24) is 4.90 Å². The summed E-state index contributed by atoms with van der Waals surface area (Å²) in [7, 11) is 3.89. The standard InChI is InChI=1S/C19H22N2O4/c1-13-9-17(11-18(22)24-13)25-16-7-8-21(12-16)19(23)14-5-4-6-15(10-14)20(2)3/h4-6,9-11,16H,7-8,12H2,1-3H3. The van der Waals surface area contributed by atoms with Gasteiger partial charge in [-0.1, -0.05) is 6.07 Å². The lowest BCUT2D eigenvalue weighted by Gasteiger charge is -2.19. The van der Waals surface area contributed by atoms with E-state index >= 15 is 0 Å². The first kappa shape index (κ1) is 17.1. The zero-order valence-corrected chi connectivity index (χ0v) is 14.7. The number of rotatable bonds is 4. The van der Waals surface area contributed by atoms with Gasteiger partial charge in [0.05, 0.1) is 12.6 Å². The van der Waals surface area contributed by atoms with Crippen molar-refractivity contribution in [3.8, 4) is 5.75 Å². The Hall–Kier alpha value is -2.76. The molecule has 1 aliphatic heterocycles. The summed E-state index contributed by atoms with van der Waals surface area (Å²) in [6, 6.07) is 10.6. The largest absolute Gasteiger partial charge is 0.488 e. The van der Waals surface area contributed by atoms with Gasteiger partial charge in [0.2, 0.25) is 0 Å². The van der Waals surface area contributed by atoms with E-state index in [2.05, 4.69) is 0 Å². The molecule has 2 aromatic rings. The summed E-state index contributed by atoms with van der Waals surface area (Å²) in [5.41, 5.74) is 1.23. The van der Waals surface area contributed by atoms with E-state index in [9.17, 15) is 9.59 Å². The molecule has 132 valence electrons. The predicted molar refractivity (Wildman–Crippen MR) is 95.4 cm³/mol. The number of aryl methyl sites for hydroxylation is 1. The number of benzene rings is 1. The third-order valence-corrected chi connectivity index (χ3v) is 4.21. The lowest BCUT2D eigenvalue weighted by atomic mass is 10.1. The summed E-state index contributed by atoms with van der Waals surface area (Å²) >= 11 is 0. The topological polar surface area (TPSA) is 63.0 Å². The average Bonchev–Trinajstić information content (AvgIpc) is 3.01. The van der Waals surface area contributed by atoms with Crippen LogP contribution in [0.1, 0.15) is 22.5 Å². The summed E-state index contributed by atoms with van der Waals surface area (Å²) in [5.74, 6) is 0.996. The van der Waals surface area contributed by atoms with Gasteiger partial charge in [-0.05, 0) is 25.1 Å². The van der Waals surface area contributed by atoms with Gasteiger partial charge in [-0.2, -0.15) is 0 Å². The number of ether oxygens (including phenoxy) is 1. The Morgan fingerprint density at radius 3 is 2.80 bits per heavy atom. The molecule has 25 heavy (non-hydrogen) atoms. The van der Waals surface area contributed by atoms with E-state index in [0.29, 0.717) is 30.2 Å².